The van der Waals surface area contributed by atoms with Crippen LogP contribution in [0.2, 0.25) is 0 Å². The van der Waals surface area contributed by atoms with Crippen LogP contribution < -0.4 is 10.1 Å². The van der Waals surface area contributed by atoms with Gasteiger partial charge in [0.25, 0.3) is 11.1 Å². The second-order valence-electron chi connectivity index (χ2n) is 7.98. The van der Waals surface area contributed by atoms with Crippen molar-refractivity contribution in [2.45, 2.75) is 20.5 Å². The minimum Gasteiger partial charge on any atom is -0.488 e. The van der Waals surface area contributed by atoms with Crippen molar-refractivity contribution in [1.82, 2.24) is 4.90 Å². The number of hydrogen-bond donors (Lipinski definition) is 1. The van der Waals surface area contributed by atoms with Crippen LogP contribution in [0.25, 0.3) is 6.08 Å². The second kappa shape index (κ2) is 10.6. The van der Waals surface area contributed by atoms with Gasteiger partial charge in [-0.25, -0.2) is 4.39 Å². The first kappa shape index (κ1) is 24.2. The number of amides is 3. The molecule has 3 amide bonds. The highest BCUT2D eigenvalue weighted by atomic mass is 32.2. The Morgan fingerprint density at radius 3 is 2.57 bits per heavy atom. The number of hydrogen-bond acceptors (Lipinski definition) is 5. The molecule has 0 radical (unpaired) electrons. The zero-order valence-electron chi connectivity index (χ0n) is 19.2. The third-order valence-corrected chi connectivity index (χ3v) is 6.51. The van der Waals surface area contributed by atoms with E-state index in [0.717, 1.165) is 27.8 Å². The molecule has 1 N–H and O–H groups in total. The van der Waals surface area contributed by atoms with Gasteiger partial charge >= 0.3 is 0 Å². The van der Waals surface area contributed by atoms with Crippen LogP contribution in [0.5, 0.6) is 5.75 Å². The lowest BCUT2D eigenvalue weighted by Crippen LogP contribution is -2.36. The molecular formula is C27H23FN2O4S. The number of imide groups is 1. The van der Waals surface area contributed by atoms with Crippen molar-refractivity contribution >= 4 is 40.6 Å². The molecule has 6 nitrogen and oxygen atoms in total. The monoisotopic (exact) mass is 490 g/mol. The number of ether oxygens (including phenoxy) is 1. The van der Waals surface area contributed by atoms with Crippen LogP contribution in [0.4, 0.5) is 14.9 Å². The van der Waals surface area contributed by atoms with Gasteiger partial charge in [-0.05, 0) is 61.0 Å². The van der Waals surface area contributed by atoms with Crippen molar-refractivity contribution in [2.75, 3.05) is 11.9 Å². The van der Waals surface area contributed by atoms with E-state index in [1.807, 2.05) is 26.0 Å². The van der Waals surface area contributed by atoms with E-state index >= 15 is 0 Å². The Balaban J connectivity index is 1.46. The Labute approximate surface area is 206 Å². The molecule has 0 atom stereocenters. The van der Waals surface area contributed by atoms with Gasteiger partial charge in [-0.2, -0.15) is 0 Å². The van der Waals surface area contributed by atoms with Crippen molar-refractivity contribution in [2.24, 2.45) is 0 Å². The highest BCUT2D eigenvalue weighted by molar-refractivity contribution is 8.18. The van der Waals surface area contributed by atoms with Crippen molar-refractivity contribution in [3.63, 3.8) is 0 Å². The SMILES string of the molecule is Cc1cccc(NC(=O)CN2C(=O)S/C(=C/c3ccccc3OCc3ccccc3F)C2=O)c1C. The quantitative estimate of drug-likeness (QED) is 0.430. The maximum absolute atomic E-state index is 13.9. The third-order valence-electron chi connectivity index (χ3n) is 5.60. The van der Waals surface area contributed by atoms with E-state index in [-0.39, 0.29) is 23.9 Å². The summed E-state index contributed by atoms with van der Waals surface area (Å²) in [7, 11) is 0. The number of carbonyl (C=O) groups is 3. The maximum Gasteiger partial charge on any atom is 0.294 e. The van der Waals surface area contributed by atoms with Crippen LogP contribution >= 0.6 is 11.8 Å². The van der Waals surface area contributed by atoms with E-state index in [0.29, 0.717) is 22.6 Å². The molecule has 0 spiro atoms. The van der Waals surface area contributed by atoms with Crippen LogP contribution in [0.1, 0.15) is 22.3 Å². The summed E-state index contributed by atoms with van der Waals surface area (Å²) in [5.74, 6) is -0.948. The van der Waals surface area contributed by atoms with Crippen molar-refractivity contribution in [3.8, 4) is 5.75 Å². The highest BCUT2D eigenvalue weighted by Crippen LogP contribution is 2.34. The van der Waals surface area contributed by atoms with Crippen molar-refractivity contribution in [3.05, 3.63) is 99.7 Å². The first-order chi connectivity index (χ1) is 16.8. The number of halogens is 1. The zero-order valence-corrected chi connectivity index (χ0v) is 20.0. The maximum atomic E-state index is 13.9. The van der Waals surface area contributed by atoms with Crippen molar-refractivity contribution in [1.29, 1.82) is 0 Å². The lowest BCUT2D eigenvalue weighted by molar-refractivity contribution is -0.127. The zero-order chi connectivity index (χ0) is 24.9. The van der Waals surface area contributed by atoms with Gasteiger partial charge in [0.05, 0.1) is 4.91 Å². The van der Waals surface area contributed by atoms with Gasteiger partial charge in [-0.3, -0.25) is 19.3 Å². The number of rotatable bonds is 7. The Morgan fingerprint density at radius 1 is 1.03 bits per heavy atom. The fraction of sp³-hybridized carbons (Fsp3) is 0.148. The first-order valence-electron chi connectivity index (χ1n) is 10.9. The molecule has 1 heterocycles. The third kappa shape index (κ3) is 5.60. The molecule has 8 heteroatoms. The smallest absolute Gasteiger partial charge is 0.294 e. The Bertz CT molecular complexity index is 1340. The lowest BCUT2D eigenvalue weighted by Gasteiger charge is -2.14. The number of nitrogens with zero attached hydrogens (tertiary/aromatic N) is 1. The normalized spacial score (nSPS) is 14.5. The van der Waals surface area contributed by atoms with E-state index in [2.05, 4.69) is 5.32 Å². The minimum absolute atomic E-state index is 0.0115. The van der Waals surface area contributed by atoms with Crippen LogP contribution in [0.3, 0.4) is 0 Å². The molecule has 1 fully saturated rings. The molecular weight excluding hydrogens is 467 g/mol. The molecule has 1 aliphatic rings. The van der Waals surface area contributed by atoms with Gasteiger partial charge in [0.15, 0.2) is 0 Å². The number of para-hydroxylation sites is 1. The Morgan fingerprint density at radius 2 is 1.77 bits per heavy atom. The highest BCUT2D eigenvalue weighted by Gasteiger charge is 2.36. The molecule has 1 saturated heterocycles. The average Bonchev–Trinajstić information content (AvgIpc) is 3.09. The summed E-state index contributed by atoms with van der Waals surface area (Å²) in [6, 6.07) is 18.8. The van der Waals surface area contributed by atoms with E-state index in [1.165, 1.54) is 6.07 Å². The molecule has 0 saturated carbocycles. The molecule has 1 aliphatic heterocycles. The van der Waals surface area contributed by atoms with Gasteiger partial charge in [-0.1, -0.05) is 48.5 Å². The van der Waals surface area contributed by atoms with Gasteiger partial charge < -0.3 is 10.1 Å². The number of anilines is 1. The molecule has 178 valence electrons. The molecule has 35 heavy (non-hydrogen) atoms. The number of aryl methyl sites for hydroxylation is 1. The summed E-state index contributed by atoms with van der Waals surface area (Å²) in [5, 5.41) is 2.24. The van der Waals surface area contributed by atoms with Crippen LogP contribution in [0, 0.1) is 19.7 Å². The standard InChI is InChI=1S/C27H23FN2O4S/c1-17-8-7-12-22(18(17)2)29-25(31)15-30-26(32)24(35-27(30)33)14-19-9-4-6-13-23(19)34-16-20-10-3-5-11-21(20)28/h3-14H,15-16H2,1-2H3,(H,29,31)/b24-14+. The number of carbonyl (C=O) groups excluding carboxylic acids is 3. The largest absolute Gasteiger partial charge is 0.488 e. The van der Waals surface area contributed by atoms with Crippen molar-refractivity contribution < 1.29 is 23.5 Å². The van der Waals surface area contributed by atoms with Crippen LogP contribution in [-0.2, 0) is 16.2 Å². The Kier molecular flexibility index (Phi) is 7.31. The molecule has 0 aliphatic carbocycles. The Hall–Kier alpha value is -3.91. The molecule has 3 aromatic rings. The number of nitrogens with one attached hydrogen (secondary N) is 1. The number of thioether (sulfide) groups is 1. The van der Waals surface area contributed by atoms with E-state index in [1.54, 1.807) is 54.6 Å². The van der Waals surface area contributed by atoms with E-state index in [9.17, 15) is 18.8 Å². The fourth-order valence-electron chi connectivity index (χ4n) is 3.50. The predicted molar refractivity (Wildman–Crippen MR) is 134 cm³/mol. The number of benzene rings is 3. The summed E-state index contributed by atoms with van der Waals surface area (Å²) >= 11 is 0.759. The van der Waals surface area contributed by atoms with E-state index in [4.69, 9.17) is 4.74 Å². The van der Waals surface area contributed by atoms with Gasteiger partial charge in [0, 0.05) is 16.8 Å². The van der Waals surface area contributed by atoms with Crippen LogP contribution in [-0.4, -0.2) is 28.5 Å². The summed E-state index contributed by atoms with van der Waals surface area (Å²) < 4.78 is 19.7. The summed E-state index contributed by atoms with van der Waals surface area (Å²) in [6.45, 7) is 3.45. The van der Waals surface area contributed by atoms with Gasteiger partial charge in [0.2, 0.25) is 5.91 Å². The summed E-state index contributed by atoms with van der Waals surface area (Å²) in [5.41, 5.74) is 3.54. The van der Waals surface area contributed by atoms with Crippen LogP contribution in [0.15, 0.2) is 71.6 Å². The molecule has 3 aromatic carbocycles. The van der Waals surface area contributed by atoms with Gasteiger partial charge in [0.1, 0.15) is 24.7 Å². The fourth-order valence-corrected chi connectivity index (χ4v) is 4.33. The first-order valence-corrected chi connectivity index (χ1v) is 11.7. The second-order valence-corrected chi connectivity index (χ2v) is 8.97. The summed E-state index contributed by atoms with van der Waals surface area (Å²) in [6.07, 6.45) is 1.55. The summed E-state index contributed by atoms with van der Waals surface area (Å²) in [4.78, 5) is 39.1. The average molecular weight is 491 g/mol. The lowest BCUT2D eigenvalue weighted by atomic mass is 10.1. The molecule has 4 rings (SSSR count). The molecule has 0 unspecified atom stereocenters. The van der Waals surface area contributed by atoms with Gasteiger partial charge in [-0.15, -0.1) is 0 Å². The van der Waals surface area contributed by atoms with E-state index < -0.39 is 17.1 Å². The predicted octanol–water partition coefficient (Wildman–Crippen LogP) is 5.70. The molecule has 0 aromatic heterocycles. The minimum atomic E-state index is -0.556. The molecule has 0 bridgehead atoms. The topological polar surface area (TPSA) is 75.7 Å².